The van der Waals surface area contributed by atoms with Crippen LogP contribution in [0.1, 0.15) is 43.5 Å². The van der Waals surface area contributed by atoms with Gasteiger partial charge in [-0.15, -0.1) is 0 Å². The molecule has 2 atom stereocenters. The predicted octanol–water partition coefficient (Wildman–Crippen LogP) is 3.03. The van der Waals surface area contributed by atoms with Crippen LogP contribution in [0.15, 0.2) is 30.4 Å². The Balaban J connectivity index is 0.000000300. The van der Waals surface area contributed by atoms with Crippen molar-refractivity contribution >= 4 is 34.5 Å². The number of nitrogens with zero attached hydrogens (tertiary/aromatic N) is 7. The normalized spacial score (nSPS) is 19.9. The Morgan fingerprint density at radius 2 is 1.98 bits per heavy atom. The molecule has 9 nitrogen and oxygen atoms in total. The molecule has 0 aliphatic carbocycles. The molecule has 1 N–H and O–H groups in total. The molecule has 0 saturated carbocycles. The minimum atomic E-state index is -0.636. The quantitative estimate of drug-likeness (QED) is 0.463. The highest BCUT2D eigenvalue weighted by Crippen LogP contribution is 2.35. The molecule has 0 spiro atoms. The van der Waals surface area contributed by atoms with Gasteiger partial charge in [0.2, 0.25) is 0 Å². The number of nitriles is 2. The molecule has 0 radical (unpaired) electrons. The number of likely N-dealkylation sites (tertiary alicyclic amines) is 1. The summed E-state index contributed by atoms with van der Waals surface area (Å²) in [5, 5.41) is 23.0. The van der Waals surface area contributed by atoms with E-state index in [1.807, 2.05) is 4.90 Å². The van der Waals surface area contributed by atoms with Crippen LogP contribution in [0.25, 0.3) is 16.5 Å². The molecule has 2 unspecified atom stereocenters. The number of benzene rings is 1. The number of pyridine rings is 1. The second-order valence-corrected chi connectivity index (χ2v) is 10.5. The van der Waals surface area contributed by atoms with Gasteiger partial charge in [-0.05, 0) is 36.5 Å². The van der Waals surface area contributed by atoms with E-state index >= 15 is 4.39 Å². The van der Waals surface area contributed by atoms with Gasteiger partial charge in [-0.1, -0.05) is 32.0 Å². The maximum absolute atomic E-state index is 15.9. The van der Waals surface area contributed by atoms with Crippen LogP contribution in [0.4, 0.5) is 14.6 Å². The molecule has 216 valence electrons. The number of halogens is 2. The zero-order chi connectivity index (χ0) is 29.8. The molecule has 42 heavy (non-hydrogen) atoms. The van der Waals surface area contributed by atoms with Crippen molar-refractivity contribution in [3.8, 4) is 18.0 Å². The van der Waals surface area contributed by atoms with E-state index in [1.54, 1.807) is 30.4 Å². The first kappa shape index (κ1) is 29.4. The molecule has 3 aromatic rings. The largest absolute Gasteiger partial charge is 0.467 e. The van der Waals surface area contributed by atoms with E-state index < -0.39 is 18.7 Å². The van der Waals surface area contributed by atoms with Gasteiger partial charge in [-0.25, -0.2) is 14.0 Å². The zero-order valence-electron chi connectivity index (χ0n) is 24.1. The van der Waals surface area contributed by atoms with Crippen molar-refractivity contribution in [1.82, 2.24) is 25.2 Å². The van der Waals surface area contributed by atoms with Crippen molar-refractivity contribution in [2.24, 2.45) is 0 Å². The fourth-order valence-corrected chi connectivity index (χ4v) is 6.02. The Morgan fingerprint density at radius 1 is 1.19 bits per heavy atom. The van der Waals surface area contributed by atoms with Crippen molar-refractivity contribution in [3.63, 3.8) is 0 Å². The number of anilines is 1. The van der Waals surface area contributed by atoms with Gasteiger partial charge in [0.25, 0.3) is 0 Å². The molecule has 2 aromatic heterocycles. The van der Waals surface area contributed by atoms with Crippen LogP contribution >= 0.6 is 0 Å². The van der Waals surface area contributed by atoms with Crippen LogP contribution in [0.5, 0.6) is 6.01 Å². The summed E-state index contributed by atoms with van der Waals surface area (Å²) in [6, 6.07) is 7.87. The Bertz CT molecular complexity index is 1570. The molecule has 0 amide bonds. The van der Waals surface area contributed by atoms with Crippen molar-refractivity contribution in [2.45, 2.75) is 38.9 Å². The minimum Gasteiger partial charge on any atom is -0.467 e. The van der Waals surface area contributed by atoms with Gasteiger partial charge in [0.15, 0.2) is 5.82 Å². The fourth-order valence-electron chi connectivity index (χ4n) is 6.02. The Morgan fingerprint density at radius 3 is 2.62 bits per heavy atom. The standard InChI is InChI=1S/C22H17BFN7O.C8H16FN/c1-32-22-29-20-15(21(30-22)31-7-5-27-6-8-31)11-28-19(18(20)24)14-9-23(12-26)16-4-2-3-13(10-25)17(14)16;1-3-8-5-7(9)6-10(8)4-2/h2-4,9,11,27H,5-8H2,1H3;7-8H,3-6H2,1-2H3. The van der Waals surface area contributed by atoms with Gasteiger partial charge in [-0.3, -0.25) is 9.88 Å². The van der Waals surface area contributed by atoms with Gasteiger partial charge >= 0.3 is 12.7 Å². The smallest absolute Gasteiger partial charge is 0.326 e. The van der Waals surface area contributed by atoms with Crippen LogP contribution in [-0.4, -0.2) is 85.2 Å². The molecule has 1 aromatic carbocycles. The summed E-state index contributed by atoms with van der Waals surface area (Å²) < 4.78 is 33.9. The topological polar surface area (TPSA) is 114 Å². The van der Waals surface area contributed by atoms with Gasteiger partial charge in [0, 0.05) is 56.5 Å². The Hall–Kier alpha value is -4.13. The molecule has 3 aliphatic heterocycles. The highest BCUT2D eigenvalue weighted by atomic mass is 19.1. The van der Waals surface area contributed by atoms with Gasteiger partial charge < -0.3 is 15.0 Å². The number of alkyl halides is 1. The van der Waals surface area contributed by atoms with Crippen molar-refractivity contribution in [1.29, 1.82) is 10.5 Å². The molecule has 3 aliphatic rings. The Kier molecular flexibility index (Phi) is 8.96. The third-order valence-electron chi connectivity index (χ3n) is 8.15. The van der Waals surface area contributed by atoms with E-state index in [2.05, 4.69) is 51.1 Å². The lowest BCUT2D eigenvalue weighted by Gasteiger charge is -2.29. The second-order valence-electron chi connectivity index (χ2n) is 10.5. The number of hydrogen-bond donors (Lipinski definition) is 1. The summed E-state index contributed by atoms with van der Waals surface area (Å²) in [6.45, 7) is 8.32. The van der Waals surface area contributed by atoms with Gasteiger partial charge in [0.05, 0.1) is 24.1 Å². The van der Waals surface area contributed by atoms with Crippen LogP contribution in [0, 0.1) is 28.4 Å². The summed E-state index contributed by atoms with van der Waals surface area (Å²) in [5.74, 6) is 3.79. The van der Waals surface area contributed by atoms with E-state index in [4.69, 9.17) is 4.74 Å². The number of methoxy groups -OCH3 is 1. The molecule has 5 heterocycles. The lowest BCUT2D eigenvalue weighted by molar-refractivity contribution is 0.251. The first-order chi connectivity index (χ1) is 20.4. The number of rotatable bonds is 5. The van der Waals surface area contributed by atoms with Crippen LogP contribution in [-0.2, 0) is 0 Å². The second kappa shape index (κ2) is 12.8. The fraction of sp³-hybridized carbons (Fsp3) is 0.433. The van der Waals surface area contributed by atoms with Crippen LogP contribution in [0.3, 0.4) is 0 Å². The first-order valence-corrected chi connectivity index (χ1v) is 14.3. The van der Waals surface area contributed by atoms with Crippen LogP contribution in [0.2, 0.25) is 0 Å². The SMILES string of the molecule is CCC1CC(F)CN1CC.COc1nc(N2CCNCC2)c2cnc(C3=CB(C#N)c4cccc(C#N)c43)c(F)c2n1. The molecule has 6 rings (SSSR count). The summed E-state index contributed by atoms with van der Waals surface area (Å²) in [6.07, 6.45) is 2.84. The molecular weight excluding hydrogens is 537 g/mol. The molecule has 12 heteroatoms. The van der Waals surface area contributed by atoms with E-state index in [0.29, 0.717) is 59.0 Å². The molecule has 2 fully saturated rings. The predicted molar refractivity (Wildman–Crippen MR) is 159 cm³/mol. The number of aromatic nitrogens is 3. The summed E-state index contributed by atoms with van der Waals surface area (Å²) in [7, 11) is 1.44. The highest BCUT2D eigenvalue weighted by Gasteiger charge is 2.33. The number of ether oxygens (including phenoxy) is 1. The third-order valence-corrected chi connectivity index (χ3v) is 8.15. The number of fused-ring (bicyclic) bond motifs is 2. The average Bonchev–Trinajstić information content (AvgIpc) is 3.61. The van der Waals surface area contributed by atoms with E-state index in [-0.39, 0.29) is 17.2 Å². The molecule has 0 bridgehead atoms. The molecule has 2 saturated heterocycles. The zero-order valence-corrected chi connectivity index (χ0v) is 24.1. The maximum atomic E-state index is 15.9. The first-order valence-electron chi connectivity index (χ1n) is 14.3. The highest BCUT2D eigenvalue weighted by molar-refractivity contribution is 6.87. The minimum absolute atomic E-state index is 0.0474. The maximum Gasteiger partial charge on any atom is 0.326 e. The third kappa shape index (κ3) is 5.52. The Labute approximate surface area is 244 Å². The number of nitrogens with one attached hydrogen (secondary N) is 1. The van der Waals surface area contributed by atoms with E-state index in [9.17, 15) is 14.9 Å². The van der Waals surface area contributed by atoms with E-state index in [0.717, 1.165) is 32.5 Å². The van der Waals surface area contributed by atoms with Crippen molar-refractivity contribution in [3.05, 3.63) is 53.0 Å². The number of hydrogen-bond acceptors (Lipinski definition) is 9. The summed E-state index contributed by atoms with van der Waals surface area (Å²) in [4.78, 5) is 17.4. The average molecular weight is 570 g/mol. The monoisotopic (exact) mass is 570 g/mol. The van der Waals surface area contributed by atoms with E-state index in [1.165, 1.54) is 7.11 Å². The summed E-state index contributed by atoms with van der Waals surface area (Å²) >= 11 is 0. The lowest BCUT2D eigenvalue weighted by atomic mass is 9.48. The van der Waals surface area contributed by atoms with Crippen molar-refractivity contribution in [2.75, 3.05) is 51.3 Å². The number of piperazine rings is 1. The van der Waals surface area contributed by atoms with Gasteiger partial charge in [-0.2, -0.15) is 15.2 Å². The van der Waals surface area contributed by atoms with Crippen molar-refractivity contribution < 1.29 is 13.5 Å². The summed E-state index contributed by atoms with van der Waals surface area (Å²) in [5.41, 5.74) is 2.14. The molecular formula is C30H33BF2N8O. The van der Waals surface area contributed by atoms with Crippen LogP contribution < -0.4 is 20.4 Å². The lowest BCUT2D eigenvalue weighted by Crippen LogP contribution is -2.44. The van der Waals surface area contributed by atoms with Gasteiger partial charge in [0.1, 0.15) is 23.2 Å².